The van der Waals surface area contributed by atoms with Crippen molar-refractivity contribution < 1.29 is 23.5 Å². The fourth-order valence-corrected chi connectivity index (χ4v) is 3.38. The lowest BCUT2D eigenvalue weighted by atomic mass is 9.87. The molecule has 0 aromatic heterocycles. The van der Waals surface area contributed by atoms with E-state index in [1.165, 1.54) is 0 Å². The number of hydrogen-bond acceptors (Lipinski definition) is 5. The SMILES string of the molecule is CCCc1c(OC)cc(C(CC)(CC)O[P+](=O)[O-])cc1OC. The smallest absolute Gasteiger partial charge is 0.489 e. The van der Waals surface area contributed by atoms with Crippen molar-refractivity contribution in [1.82, 2.24) is 0 Å². The highest BCUT2D eigenvalue weighted by molar-refractivity contribution is 7.30. The molecule has 0 aliphatic carbocycles. The molecule has 0 aliphatic heterocycles. The Morgan fingerprint density at radius 2 is 1.59 bits per heavy atom. The largest absolute Gasteiger partial charge is 0.566 e. The summed E-state index contributed by atoms with van der Waals surface area (Å²) >= 11 is 0. The third kappa shape index (κ3) is 3.97. The van der Waals surface area contributed by atoms with Gasteiger partial charge < -0.3 is 14.4 Å². The maximum atomic E-state index is 11.1. The summed E-state index contributed by atoms with van der Waals surface area (Å²) in [6.45, 7) is 5.89. The van der Waals surface area contributed by atoms with Crippen molar-refractivity contribution in [3.63, 3.8) is 0 Å². The first-order valence-corrected chi connectivity index (χ1v) is 8.66. The second-order valence-corrected chi connectivity index (χ2v) is 5.76. The van der Waals surface area contributed by atoms with E-state index < -0.39 is 13.9 Å². The van der Waals surface area contributed by atoms with Gasteiger partial charge in [0, 0.05) is 5.56 Å². The minimum atomic E-state index is -2.95. The number of methoxy groups -OCH3 is 2. The average Bonchev–Trinajstić information content (AvgIpc) is 2.52. The Morgan fingerprint density at radius 1 is 1.09 bits per heavy atom. The molecular weight excluding hydrogens is 303 g/mol. The van der Waals surface area contributed by atoms with Crippen LogP contribution in [-0.2, 0) is 21.1 Å². The van der Waals surface area contributed by atoms with Crippen LogP contribution in [-0.4, -0.2) is 14.2 Å². The molecule has 0 N–H and O–H groups in total. The van der Waals surface area contributed by atoms with Crippen LogP contribution >= 0.6 is 8.25 Å². The summed E-state index contributed by atoms with van der Waals surface area (Å²) < 4.78 is 27.4. The van der Waals surface area contributed by atoms with Crippen LogP contribution in [0.25, 0.3) is 0 Å². The van der Waals surface area contributed by atoms with Gasteiger partial charge in [0.1, 0.15) is 17.1 Å². The summed E-state index contributed by atoms with van der Waals surface area (Å²) in [5.41, 5.74) is 0.856. The molecule has 5 nitrogen and oxygen atoms in total. The van der Waals surface area contributed by atoms with Crippen LogP contribution < -0.4 is 14.4 Å². The van der Waals surface area contributed by atoms with Crippen LogP contribution in [0.4, 0.5) is 0 Å². The Balaban J connectivity index is 3.47. The van der Waals surface area contributed by atoms with Crippen molar-refractivity contribution in [3.05, 3.63) is 23.3 Å². The summed E-state index contributed by atoms with van der Waals surface area (Å²) in [7, 11) is 0.259. The predicted molar refractivity (Wildman–Crippen MR) is 84.5 cm³/mol. The topological polar surface area (TPSA) is 67.8 Å². The monoisotopic (exact) mass is 328 g/mol. The zero-order valence-electron chi connectivity index (χ0n) is 14.0. The second kappa shape index (κ2) is 8.47. The van der Waals surface area contributed by atoms with E-state index in [9.17, 15) is 9.46 Å². The average molecular weight is 328 g/mol. The maximum Gasteiger partial charge on any atom is 0.489 e. The van der Waals surface area contributed by atoms with E-state index in [1.54, 1.807) is 14.2 Å². The van der Waals surface area contributed by atoms with Gasteiger partial charge >= 0.3 is 8.25 Å². The lowest BCUT2D eigenvalue weighted by molar-refractivity contribution is -0.197. The van der Waals surface area contributed by atoms with E-state index in [1.807, 2.05) is 26.0 Å². The Labute approximate surface area is 133 Å². The van der Waals surface area contributed by atoms with Crippen molar-refractivity contribution in [1.29, 1.82) is 0 Å². The molecular formula is C16H25O5P. The van der Waals surface area contributed by atoms with Crippen LogP contribution in [0.1, 0.15) is 51.2 Å². The normalized spacial score (nSPS) is 12.2. The molecule has 1 atom stereocenters. The molecule has 0 saturated carbocycles. The summed E-state index contributed by atoms with van der Waals surface area (Å²) in [6, 6.07) is 3.72. The molecule has 22 heavy (non-hydrogen) atoms. The van der Waals surface area contributed by atoms with Crippen LogP contribution in [0.3, 0.4) is 0 Å². The summed E-state index contributed by atoms with van der Waals surface area (Å²) in [5, 5.41) is 0. The Morgan fingerprint density at radius 3 is 1.91 bits per heavy atom. The Bertz CT molecular complexity index is 486. The molecule has 1 rings (SSSR count). The highest BCUT2D eigenvalue weighted by Crippen LogP contribution is 2.43. The highest BCUT2D eigenvalue weighted by Gasteiger charge is 2.37. The first kappa shape index (κ1) is 18.9. The van der Waals surface area contributed by atoms with Gasteiger partial charge in [-0.25, -0.2) is 0 Å². The van der Waals surface area contributed by atoms with E-state index >= 15 is 0 Å². The molecule has 0 radical (unpaired) electrons. The van der Waals surface area contributed by atoms with Crippen LogP contribution in [0.2, 0.25) is 0 Å². The lowest BCUT2D eigenvalue weighted by Crippen LogP contribution is -2.27. The summed E-state index contributed by atoms with van der Waals surface area (Å²) in [6.07, 6.45) is 2.86. The summed E-state index contributed by atoms with van der Waals surface area (Å²) in [5.74, 6) is 1.40. The number of benzene rings is 1. The zero-order chi connectivity index (χ0) is 16.8. The van der Waals surface area contributed by atoms with Gasteiger partial charge in [-0.1, -0.05) is 27.2 Å². The van der Waals surface area contributed by atoms with Gasteiger partial charge in [0.05, 0.1) is 14.2 Å². The molecule has 0 fully saturated rings. The van der Waals surface area contributed by atoms with Crippen molar-refractivity contribution in [2.75, 3.05) is 14.2 Å². The molecule has 6 heteroatoms. The predicted octanol–water partition coefficient (Wildman–Crippen LogP) is 3.71. The standard InChI is InChI=1S/C16H25O5P/c1-6-9-13-14(19-4)10-12(11-15(13)20-5)16(7-2,8-3)21-22(17)18/h10-11H,6-9H2,1-5H3. The van der Waals surface area contributed by atoms with Gasteiger partial charge in [-0.15, -0.1) is 4.52 Å². The van der Waals surface area contributed by atoms with E-state index in [-0.39, 0.29) is 0 Å². The van der Waals surface area contributed by atoms with Gasteiger partial charge in [-0.2, -0.15) is 0 Å². The van der Waals surface area contributed by atoms with Gasteiger partial charge in [-0.05, 0) is 41.5 Å². The van der Waals surface area contributed by atoms with Crippen LogP contribution in [0.5, 0.6) is 11.5 Å². The van der Waals surface area contributed by atoms with E-state index in [2.05, 4.69) is 6.92 Å². The van der Waals surface area contributed by atoms with Crippen molar-refractivity contribution in [3.8, 4) is 11.5 Å². The molecule has 0 bridgehead atoms. The summed E-state index contributed by atoms with van der Waals surface area (Å²) in [4.78, 5) is 11.1. The van der Waals surface area contributed by atoms with Crippen molar-refractivity contribution >= 4 is 8.25 Å². The van der Waals surface area contributed by atoms with E-state index in [0.29, 0.717) is 24.3 Å². The zero-order valence-corrected chi connectivity index (χ0v) is 14.9. The fraction of sp³-hybridized carbons (Fsp3) is 0.625. The molecule has 0 saturated heterocycles. The van der Waals surface area contributed by atoms with Crippen LogP contribution in [0, 0.1) is 0 Å². The minimum Gasteiger partial charge on any atom is -0.566 e. The molecule has 1 unspecified atom stereocenters. The molecule has 0 amide bonds. The third-order valence-electron chi connectivity index (χ3n) is 4.03. The second-order valence-electron chi connectivity index (χ2n) is 5.13. The highest BCUT2D eigenvalue weighted by atomic mass is 31.1. The molecule has 1 aromatic carbocycles. The first-order valence-electron chi connectivity index (χ1n) is 7.56. The number of ether oxygens (including phenoxy) is 2. The molecule has 0 heterocycles. The minimum absolute atomic E-state index is 0.534. The van der Waals surface area contributed by atoms with Gasteiger partial charge in [0.25, 0.3) is 0 Å². The third-order valence-corrected chi connectivity index (χ3v) is 4.52. The first-order chi connectivity index (χ1) is 10.5. The van der Waals surface area contributed by atoms with Gasteiger partial charge in [-0.3, -0.25) is 0 Å². The van der Waals surface area contributed by atoms with Crippen LogP contribution in [0.15, 0.2) is 12.1 Å². The lowest BCUT2D eigenvalue weighted by Gasteiger charge is -2.28. The molecule has 0 spiro atoms. The number of hydrogen-bond donors (Lipinski definition) is 0. The van der Waals surface area contributed by atoms with Crippen molar-refractivity contribution in [2.45, 2.75) is 52.1 Å². The molecule has 0 aliphatic rings. The Hall–Kier alpha value is -1.16. The van der Waals surface area contributed by atoms with Crippen molar-refractivity contribution in [2.24, 2.45) is 0 Å². The quantitative estimate of drug-likeness (QED) is 0.647. The maximum absolute atomic E-state index is 11.1. The van der Waals surface area contributed by atoms with Gasteiger partial charge in [0.2, 0.25) is 0 Å². The number of rotatable bonds is 9. The van der Waals surface area contributed by atoms with E-state index in [0.717, 1.165) is 24.0 Å². The fourth-order valence-electron chi connectivity index (χ4n) is 2.73. The molecule has 1 aromatic rings. The van der Waals surface area contributed by atoms with Gasteiger partial charge in [0.15, 0.2) is 0 Å². The van der Waals surface area contributed by atoms with E-state index in [4.69, 9.17) is 14.0 Å². The molecule has 124 valence electrons. The Kier molecular flexibility index (Phi) is 7.27.